The Morgan fingerprint density at radius 3 is 2.69 bits per heavy atom. The summed E-state index contributed by atoms with van der Waals surface area (Å²) in [7, 11) is 0. The first-order valence-corrected chi connectivity index (χ1v) is 5.43. The number of halogens is 2. The van der Waals surface area contributed by atoms with E-state index >= 15 is 0 Å². The van der Waals surface area contributed by atoms with Crippen LogP contribution in [0.4, 0.5) is 8.78 Å². The van der Waals surface area contributed by atoms with Crippen molar-refractivity contribution in [2.75, 3.05) is 13.2 Å². The standard InChI is InChI=1S/C12H17F2NO/c1-2-16-7-3-4-12(15)9-5-6-10(13)11(14)8-9/h5-6,8,12H,2-4,7,15H2,1H3. The minimum atomic E-state index is -0.849. The summed E-state index contributed by atoms with van der Waals surface area (Å²) in [5.74, 6) is -1.69. The number of ether oxygens (including phenoxy) is 1. The average Bonchev–Trinajstić information content (AvgIpc) is 2.28. The maximum Gasteiger partial charge on any atom is 0.159 e. The molecule has 0 spiro atoms. The number of rotatable bonds is 6. The Morgan fingerprint density at radius 1 is 1.31 bits per heavy atom. The SMILES string of the molecule is CCOCCCC(N)c1ccc(F)c(F)c1. The van der Waals surface area contributed by atoms with Crippen LogP contribution in [0.5, 0.6) is 0 Å². The summed E-state index contributed by atoms with van der Waals surface area (Å²) in [5, 5.41) is 0. The maximum atomic E-state index is 12.9. The van der Waals surface area contributed by atoms with Gasteiger partial charge < -0.3 is 10.5 Å². The van der Waals surface area contributed by atoms with E-state index in [1.54, 1.807) is 0 Å². The molecule has 0 saturated heterocycles. The molecule has 1 unspecified atom stereocenters. The molecule has 0 aliphatic heterocycles. The summed E-state index contributed by atoms with van der Waals surface area (Å²) in [6.45, 7) is 3.25. The number of benzene rings is 1. The predicted octanol–water partition coefficient (Wildman–Crippen LogP) is 2.78. The third kappa shape index (κ3) is 3.87. The molecule has 0 aliphatic carbocycles. The topological polar surface area (TPSA) is 35.2 Å². The lowest BCUT2D eigenvalue weighted by Crippen LogP contribution is -2.11. The second-order valence-corrected chi connectivity index (χ2v) is 3.62. The van der Waals surface area contributed by atoms with Crippen molar-refractivity contribution in [3.8, 4) is 0 Å². The molecule has 16 heavy (non-hydrogen) atoms. The molecule has 0 aliphatic rings. The fraction of sp³-hybridized carbons (Fsp3) is 0.500. The predicted molar refractivity (Wildman–Crippen MR) is 59.0 cm³/mol. The smallest absolute Gasteiger partial charge is 0.159 e. The van der Waals surface area contributed by atoms with Crippen LogP contribution in [0.1, 0.15) is 31.4 Å². The zero-order valence-corrected chi connectivity index (χ0v) is 9.38. The van der Waals surface area contributed by atoms with Crippen LogP contribution in [0.2, 0.25) is 0 Å². The molecule has 1 rings (SSSR count). The molecule has 2 N–H and O–H groups in total. The van der Waals surface area contributed by atoms with E-state index in [2.05, 4.69) is 0 Å². The number of hydrogen-bond acceptors (Lipinski definition) is 2. The van der Waals surface area contributed by atoms with Crippen LogP contribution < -0.4 is 5.73 Å². The monoisotopic (exact) mass is 229 g/mol. The molecule has 2 nitrogen and oxygen atoms in total. The second-order valence-electron chi connectivity index (χ2n) is 3.62. The Hall–Kier alpha value is -1.00. The summed E-state index contributed by atoms with van der Waals surface area (Å²) in [4.78, 5) is 0. The van der Waals surface area contributed by atoms with Crippen LogP contribution in [0.15, 0.2) is 18.2 Å². The molecule has 0 radical (unpaired) electrons. The Labute approximate surface area is 94.4 Å². The van der Waals surface area contributed by atoms with Gasteiger partial charge in [0.1, 0.15) is 0 Å². The number of hydrogen-bond donors (Lipinski definition) is 1. The van der Waals surface area contributed by atoms with Crippen molar-refractivity contribution in [1.29, 1.82) is 0 Å². The first-order chi connectivity index (χ1) is 7.65. The number of nitrogens with two attached hydrogens (primary N) is 1. The molecule has 0 amide bonds. The minimum Gasteiger partial charge on any atom is -0.382 e. The highest BCUT2D eigenvalue weighted by Crippen LogP contribution is 2.18. The summed E-state index contributed by atoms with van der Waals surface area (Å²) in [6, 6.07) is 3.51. The lowest BCUT2D eigenvalue weighted by Gasteiger charge is -2.12. The zero-order chi connectivity index (χ0) is 12.0. The average molecular weight is 229 g/mol. The van der Waals surface area contributed by atoms with Crippen molar-refractivity contribution in [1.82, 2.24) is 0 Å². The Morgan fingerprint density at radius 2 is 2.06 bits per heavy atom. The molecule has 0 saturated carbocycles. The molecule has 1 atom stereocenters. The molecule has 90 valence electrons. The van der Waals surface area contributed by atoms with Crippen molar-refractivity contribution in [3.05, 3.63) is 35.4 Å². The maximum absolute atomic E-state index is 12.9. The largest absolute Gasteiger partial charge is 0.382 e. The van der Waals surface area contributed by atoms with E-state index in [9.17, 15) is 8.78 Å². The van der Waals surface area contributed by atoms with Crippen molar-refractivity contribution in [2.24, 2.45) is 5.73 Å². The van der Waals surface area contributed by atoms with Crippen LogP contribution in [-0.2, 0) is 4.74 Å². The van der Waals surface area contributed by atoms with Gasteiger partial charge in [-0.15, -0.1) is 0 Å². The Balaban J connectivity index is 2.46. The van der Waals surface area contributed by atoms with E-state index in [1.165, 1.54) is 6.07 Å². The van der Waals surface area contributed by atoms with Gasteiger partial charge in [0.15, 0.2) is 11.6 Å². The van der Waals surface area contributed by atoms with Gasteiger partial charge in [-0.25, -0.2) is 8.78 Å². The lowest BCUT2D eigenvalue weighted by atomic mass is 10.0. The van der Waals surface area contributed by atoms with E-state index in [1.807, 2.05) is 6.92 Å². The molecule has 0 fully saturated rings. The fourth-order valence-corrected chi connectivity index (χ4v) is 1.46. The van der Waals surface area contributed by atoms with Crippen LogP contribution in [0.3, 0.4) is 0 Å². The third-order valence-corrected chi connectivity index (χ3v) is 2.38. The molecule has 1 aromatic rings. The van der Waals surface area contributed by atoms with Crippen molar-refractivity contribution < 1.29 is 13.5 Å². The van der Waals surface area contributed by atoms with Gasteiger partial charge in [-0.05, 0) is 37.5 Å². The summed E-state index contributed by atoms with van der Waals surface area (Å²) < 4.78 is 30.8. The normalized spacial score (nSPS) is 12.8. The van der Waals surface area contributed by atoms with Crippen LogP contribution in [0, 0.1) is 11.6 Å². The van der Waals surface area contributed by atoms with Gasteiger partial charge >= 0.3 is 0 Å². The fourth-order valence-electron chi connectivity index (χ4n) is 1.46. The summed E-state index contributed by atoms with van der Waals surface area (Å²) in [5.41, 5.74) is 6.47. The van der Waals surface area contributed by atoms with E-state index in [4.69, 9.17) is 10.5 Å². The molecular formula is C12H17F2NO. The minimum absolute atomic E-state index is 0.268. The zero-order valence-electron chi connectivity index (χ0n) is 9.38. The van der Waals surface area contributed by atoms with Crippen LogP contribution in [0.25, 0.3) is 0 Å². The van der Waals surface area contributed by atoms with Gasteiger partial charge in [0.05, 0.1) is 0 Å². The van der Waals surface area contributed by atoms with Gasteiger partial charge in [-0.2, -0.15) is 0 Å². The lowest BCUT2D eigenvalue weighted by molar-refractivity contribution is 0.142. The Kier molecular flexibility index (Phi) is 5.35. The van der Waals surface area contributed by atoms with Gasteiger partial charge in [-0.3, -0.25) is 0 Å². The summed E-state index contributed by atoms with van der Waals surface area (Å²) in [6.07, 6.45) is 1.51. The first kappa shape index (κ1) is 13.1. The van der Waals surface area contributed by atoms with E-state index in [0.29, 0.717) is 25.2 Å². The molecule has 1 aromatic carbocycles. The van der Waals surface area contributed by atoms with Gasteiger partial charge in [0, 0.05) is 19.3 Å². The molecule has 0 heterocycles. The van der Waals surface area contributed by atoms with Crippen molar-refractivity contribution in [3.63, 3.8) is 0 Å². The van der Waals surface area contributed by atoms with Crippen molar-refractivity contribution in [2.45, 2.75) is 25.8 Å². The highest BCUT2D eigenvalue weighted by atomic mass is 19.2. The van der Waals surface area contributed by atoms with E-state index in [-0.39, 0.29) is 6.04 Å². The first-order valence-electron chi connectivity index (χ1n) is 5.43. The van der Waals surface area contributed by atoms with Gasteiger partial charge in [0.25, 0.3) is 0 Å². The van der Waals surface area contributed by atoms with Crippen LogP contribution in [-0.4, -0.2) is 13.2 Å². The summed E-state index contributed by atoms with van der Waals surface area (Å²) >= 11 is 0. The molecule has 0 bridgehead atoms. The van der Waals surface area contributed by atoms with E-state index < -0.39 is 11.6 Å². The molecule has 4 heteroatoms. The highest BCUT2D eigenvalue weighted by Gasteiger charge is 2.09. The molecule has 0 aromatic heterocycles. The third-order valence-electron chi connectivity index (χ3n) is 2.38. The highest BCUT2D eigenvalue weighted by molar-refractivity contribution is 5.20. The molecular weight excluding hydrogens is 212 g/mol. The second kappa shape index (κ2) is 6.55. The van der Waals surface area contributed by atoms with Crippen LogP contribution >= 0.6 is 0 Å². The Bertz CT molecular complexity index is 331. The quantitative estimate of drug-likeness (QED) is 0.761. The van der Waals surface area contributed by atoms with E-state index in [0.717, 1.165) is 18.6 Å². The van der Waals surface area contributed by atoms with Gasteiger partial charge in [-0.1, -0.05) is 6.07 Å². The van der Waals surface area contributed by atoms with Gasteiger partial charge in [0.2, 0.25) is 0 Å². The van der Waals surface area contributed by atoms with Crippen molar-refractivity contribution >= 4 is 0 Å².